The zero-order chi connectivity index (χ0) is 9.72. The summed E-state index contributed by atoms with van der Waals surface area (Å²) in [6.07, 6.45) is 0.115. The number of hydroxylamine groups is 2. The van der Waals surface area contributed by atoms with Crippen molar-refractivity contribution in [2.24, 2.45) is 0 Å². The minimum atomic E-state index is -0.523. The number of rotatable bonds is 5. The van der Waals surface area contributed by atoms with E-state index in [1.165, 1.54) is 7.05 Å². The maximum absolute atomic E-state index is 10.5. The largest absolute Gasteiger partial charge is 0.785 e. The molecule has 4 heteroatoms. The Morgan fingerprint density at radius 2 is 1.83 bits per heavy atom. The van der Waals surface area contributed by atoms with E-state index in [0.717, 1.165) is 5.06 Å². The molecule has 0 aliphatic heterocycles. The summed E-state index contributed by atoms with van der Waals surface area (Å²) < 4.78 is 0. The number of likely N-dealkylation sites (N-methyl/N-ethyl adjacent to an activating group) is 1. The lowest BCUT2D eigenvalue weighted by molar-refractivity contribution is 0.107. The summed E-state index contributed by atoms with van der Waals surface area (Å²) in [6.45, 7) is 2.21. The van der Waals surface area contributed by atoms with Crippen LogP contribution in [-0.4, -0.2) is 54.9 Å². The molecule has 0 bridgehead atoms. The van der Waals surface area contributed by atoms with E-state index in [-0.39, 0.29) is 6.54 Å². The van der Waals surface area contributed by atoms with Crippen molar-refractivity contribution in [3.8, 4) is 0 Å². The highest BCUT2D eigenvalue weighted by atomic mass is 16.5. The molecule has 0 radical (unpaired) electrons. The van der Waals surface area contributed by atoms with Crippen LogP contribution in [0, 0.1) is 5.21 Å². The van der Waals surface area contributed by atoms with Gasteiger partial charge in [0.1, 0.15) is 0 Å². The molecule has 0 aromatic rings. The van der Waals surface area contributed by atoms with Crippen LogP contribution in [0.2, 0.25) is 0 Å². The topological polar surface area (TPSA) is 49.8 Å². The van der Waals surface area contributed by atoms with Gasteiger partial charge in [-0.3, -0.25) is 0 Å². The molecule has 0 saturated carbocycles. The minimum absolute atomic E-state index is 0.193. The third-order valence-electron chi connectivity index (χ3n) is 1.96. The minimum Gasteiger partial charge on any atom is -0.785 e. The van der Waals surface area contributed by atoms with Gasteiger partial charge in [-0.05, 0) is 34.5 Å². The molecule has 0 aromatic carbocycles. The van der Waals surface area contributed by atoms with E-state index in [0.29, 0.717) is 12.5 Å². The molecule has 0 spiro atoms. The highest BCUT2D eigenvalue weighted by Crippen LogP contribution is 2.03. The first-order valence-corrected chi connectivity index (χ1v) is 4.16. The molecule has 0 aliphatic rings. The normalized spacial score (nSPS) is 17.0. The van der Waals surface area contributed by atoms with Crippen molar-refractivity contribution >= 4 is 0 Å². The highest BCUT2D eigenvalue weighted by molar-refractivity contribution is 4.68. The second-order valence-electron chi connectivity index (χ2n) is 3.51. The Hall–Kier alpha value is -0.160. The van der Waals surface area contributed by atoms with Crippen molar-refractivity contribution in [3.05, 3.63) is 5.21 Å². The summed E-state index contributed by atoms with van der Waals surface area (Å²) in [7, 11) is 5.33. The van der Waals surface area contributed by atoms with Gasteiger partial charge in [0.15, 0.2) is 0 Å². The third-order valence-corrected chi connectivity index (χ3v) is 1.96. The van der Waals surface area contributed by atoms with Crippen molar-refractivity contribution in [3.63, 3.8) is 0 Å². The fourth-order valence-corrected chi connectivity index (χ4v) is 0.976. The monoisotopic (exact) mass is 175 g/mol. The van der Waals surface area contributed by atoms with Crippen LogP contribution >= 0.6 is 0 Å². The first-order valence-electron chi connectivity index (χ1n) is 4.16. The molecule has 0 amide bonds. The Bertz CT molecular complexity index is 118. The fourth-order valence-electron chi connectivity index (χ4n) is 0.976. The van der Waals surface area contributed by atoms with Crippen molar-refractivity contribution in [1.82, 2.24) is 9.96 Å². The molecule has 74 valence electrons. The van der Waals surface area contributed by atoms with Gasteiger partial charge in [-0.15, -0.1) is 0 Å². The zero-order valence-electron chi connectivity index (χ0n) is 8.32. The second-order valence-corrected chi connectivity index (χ2v) is 3.51. The number of aliphatic hydroxyl groups is 1. The Morgan fingerprint density at radius 3 is 2.17 bits per heavy atom. The molecule has 0 aromatic heterocycles. The lowest BCUT2D eigenvalue weighted by Crippen LogP contribution is -2.33. The predicted molar refractivity (Wildman–Crippen MR) is 49.8 cm³/mol. The summed E-state index contributed by atoms with van der Waals surface area (Å²) >= 11 is 0. The Labute approximate surface area is 74.4 Å². The lowest BCUT2D eigenvalue weighted by atomic mass is 10.1. The average molecular weight is 175 g/mol. The quantitative estimate of drug-likeness (QED) is 0.603. The summed E-state index contributed by atoms with van der Waals surface area (Å²) in [4.78, 5) is 2.02. The van der Waals surface area contributed by atoms with Gasteiger partial charge < -0.3 is 20.3 Å². The predicted octanol–water partition coefficient (Wildman–Crippen LogP) is 0.117. The molecule has 0 saturated heterocycles. The average Bonchev–Trinajstić information content (AvgIpc) is 1.84. The summed E-state index contributed by atoms with van der Waals surface area (Å²) in [5.74, 6) is 0. The zero-order valence-corrected chi connectivity index (χ0v) is 8.32. The van der Waals surface area contributed by atoms with Gasteiger partial charge in [-0.25, -0.2) is 0 Å². The van der Waals surface area contributed by atoms with Gasteiger partial charge in [0.05, 0.1) is 6.10 Å². The number of hydrogen-bond acceptors (Lipinski definition) is 4. The molecule has 0 rings (SSSR count). The first-order chi connectivity index (χ1) is 5.43. The molecule has 0 fully saturated rings. The van der Waals surface area contributed by atoms with Gasteiger partial charge in [0.25, 0.3) is 0 Å². The van der Waals surface area contributed by atoms with Crippen LogP contribution in [0.4, 0.5) is 0 Å². The molecule has 12 heavy (non-hydrogen) atoms. The summed E-state index contributed by atoms with van der Waals surface area (Å²) in [5, 5.41) is 20.7. The van der Waals surface area contributed by atoms with E-state index in [2.05, 4.69) is 0 Å². The van der Waals surface area contributed by atoms with E-state index in [9.17, 15) is 10.3 Å². The van der Waals surface area contributed by atoms with Crippen LogP contribution in [0.3, 0.4) is 0 Å². The SMILES string of the molecule is CC(CC(O)CN(C)[O-])N(C)C. The molecule has 2 unspecified atom stereocenters. The van der Waals surface area contributed by atoms with Gasteiger partial charge in [-0.1, -0.05) is 0 Å². The molecule has 1 N–H and O–H groups in total. The van der Waals surface area contributed by atoms with E-state index in [4.69, 9.17) is 0 Å². The van der Waals surface area contributed by atoms with Crippen molar-refractivity contribution in [1.29, 1.82) is 0 Å². The van der Waals surface area contributed by atoms with E-state index in [1.54, 1.807) is 0 Å². The van der Waals surface area contributed by atoms with Crippen molar-refractivity contribution in [2.75, 3.05) is 27.7 Å². The standard InChI is InChI=1S/C8H19N2O2/c1-7(9(2)3)5-8(11)6-10(4)12/h7-8,11H,5-6H2,1-4H3/q-1. The van der Waals surface area contributed by atoms with E-state index >= 15 is 0 Å². The Kier molecular flexibility index (Phi) is 5.41. The van der Waals surface area contributed by atoms with Crippen LogP contribution in [0.25, 0.3) is 0 Å². The van der Waals surface area contributed by atoms with Gasteiger partial charge in [-0.2, -0.15) is 0 Å². The lowest BCUT2D eigenvalue weighted by Gasteiger charge is -2.28. The van der Waals surface area contributed by atoms with Crippen molar-refractivity contribution < 1.29 is 5.11 Å². The molecule has 2 atom stereocenters. The van der Waals surface area contributed by atoms with Crippen LogP contribution < -0.4 is 0 Å². The third kappa shape index (κ3) is 5.49. The Balaban J connectivity index is 3.61. The second kappa shape index (κ2) is 5.48. The van der Waals surface area contributed by atoms with Crippen LogP contribution in [0.15, 0.2) is 0 Å². The fraction of sp³-hybridized carbons (Fsp3) is 1.00. The smallest absolute Gasteiger partial charge is 0.0672 e. The first kappa shape index (κ1) is 11.8. The molecule has 0 heterocycles. The number of nitrogens with zero attached hydrogens (tertiary/aromatic N) is 2. The molecular weight excluding hydrogens is 156 g/mol. The number of hydrogen-bond donors (Lipinski definition) is 1. The van der Waals surface area contributed by atoms with Gasteiger partial charge in [0, 0.05) is 12.6 Å². The van der Waals surface area contributed by atoms with E-state index < -0.39 is 6.10 Å². The summed E-state index contributed by atoms with van der Waals surface area (Å²) in [5.41, 5.74) is 0. The van der Waals surface area contributed by atoms with Crippen LogP contribution in [0.5, 0.6) is 0 Å². The number of aliphatic hydroxyl groups excluding tert-OH is 1. The highest BCUT2D eigenvalue weighted by Gasteiger charge is 2.10. The van der Waals surface area contributed by atoms with Crippen LogP contribution in [0.1, 0.15) is 13.3 Å². The molecule has 0 aliphatic carbocycles. The maximum atomic E-state index is 10.5. The molecule has 4 nitrogen and oxygen atoms in total. The Morgan fingerprint density at radius 1 is 1.33 bits per heavy atom. The van der Waals surface area contributed by atoms with E-state index in [1.807, 2.05) is 25.9 Å². The summed E-state index contributed by atoms with van der Waals surface area (Å²) in [6, 6.07) is 0.306. The van der Waals surface area contributed by atoms with Crippen molar-refractivity contribution in [2.45, 2.75) is 25.5 Å². The van der Waals surface area contributed by atoms with Crippen LogP contribution in [-0.2, 0) is 0 Å². The van der Waals surface area contributed by atoms with Gasteiger partial charge in [0.2, 0.25) is 0 Å². The maximum Gasteiger partial charge on any atom is 0.0672 e. The molecular formula is C8H19N2O2-. The van der Waals surface area contributed by atoms with Gasteiger partial charge >= 0.3 is 0 Å².